The van der Waals surface area contributed by atoms with Gasteiger partial charge in [-0.25, -0.2) is 0 Å². The van der Waals surface area contributed by atoms with Gasteiger partial charge in [0.2, 0.25) is 5.91 Å². The van der Waals surface area contributed by atoms with Gasteiger partial charge in [0.25, 0.3) is 0 Å². The van der Waals surface area contributed by atoms with Crippen molar-refractivity contribution in [2.75, 3.05) is 4.43 Å². The molecule has 0 aliphatic heterocycles. The predicted octanol–water partition coefficient (Wildman–Crippen LogP) is 3.31. The molecule has 0 atom stereocenters. The van der Waals surface area contributed by atoms with Crippen LogP contribution < -0.4 is 5.32 Å². The number of amides is 1. The van der Waals surface area contributed by atoms with Crippen molar-refractivity contribution >= 4 is 28.5 Å². The first-order valence-electron chi connectivity index (χ1n) is 5.85. The highest BCUT2D eigenvalue weighted by atomic mass is 127. The Kier molecular flexibility index (Phi) is 3.07. The van der Waals surface area contributed by atoms with Crippen LogP contribution in [0.1, 0.15) is 17.2 Å². The third-order valence-corrected chi connectivity index (χ3v) is 3.95. The van der Waals surface area contributed by atoms with E-state index in [1.807, 2.05) is 24.3 Å². The second-order valence-corrected chi connectivity index (χ2v) is 5.07. The van der Waals surface area contributed by atoms with E-state index < -0.39 is 0 Å². The van der Waals surface area contributed by atoms with Crippen LogP contribution in [-0.2, 0) is 4.79 Å². The molecule has 18 heavy (non-hydrogen) atoms. The number of fused-ring (bicyclic) bond motifs is 3. The lowest BCUT2D eigenvalue weighted by atomic mass is 10.1. The molecule has 1 N–H and O–H groups in total. The molecule has 0 spiro atoms. The first-order chi connectivity index (χ1) is 8.81. The second-order valence-electron chi connectivity index (χ2n) is 4.31. The minimum absolute atomic E-state index is 0.000309. The van der Waals surface area contributed by atoms with Gasteiger partial charge in [0, 0.05) is 0 Å². The van der Waals surface area contributed by atoms with E-state index in [0.29, 0.717) is 4.43 Å². The topological polar surface area (TPSA) is 29.1 Å². The van der Waals surface area contributed by atoms with E-state index in [9.17, 15) is 4.79 Å². The highest BCUT2D eigenvalue weighted by Crippen LogP contribution is 2.42. The Morgan fingerprint density at radius 1 is 1.00 bits per heavy atom. The summed E-state index contributed by atoms with van der Waals surface area (Å²) in [6.07, 6.45) is 0. The lowest BCUT2D eigenvalue weighted by Gasteiger charge is -2.14. The Hall–Kier alpha value is -1.36. The van der Waals surface area contributed by atoms with Gasteiger partial charge >= 0.3 is 0 Å². The summed E-state index contributed by atoms with van der Waals surface area (Å²) in [5.74, 6) is 0.0760. The molecule has 2 nitrogen and oxygen atoms in total. The zero-order valence-electron chi connectivity index (χ0n) is 9.69. The van der Waals surface area contributed by atoms with E-state index in [4.69, 9.17) is 0 Å². The Morgan fingerprint density at radius 2 is 1.50 bits per heavy atom. The zero-order valence-corrected chi connectivity index (χ0v) is 11.8. The fourth-order valence-electron chi connectivity index (χ4n) is 2.51. The van der Waals surface area contributed by atoms with Crippen LogP contribution in [0.5, 0.6) is 0 Å². The summed E-state index contributed by atoms with van der Waals surface area (Å²) in [5, 5.41) is 3.09. The van der Waals surface area contributed by atoms with Gasteiger partial charge in [-0.1, -0.05) is 71.1 Å². The molecule has 0 fully saturated rings. The van der Waals surface area contributed by atoms with Gasteiger partial charge in [0.05, 0.1) is 10.5 Å². The van der Waals surface area contributed by atoms with Crippen LogP contribution in [0.2, 0.25) is 0 Å². The summed E-state index contributed by atoms with van der Waals surface area (Å²) in [6.45, 7) is 0. The third-order valence-electron chi connectivity index (χ3n) is 3.26. The van der Waals surface area contributed by atoms with Crippen LogP contribution in [0.4, 0.5) is 0 Å². The minimum Gasteiger partial charge on any atom is -0.344 e. The molecule has 90 valence electrons. The molecule has 0 heterocycles. The average Bonchev–Trinajstić information content (AvgIpc) is 2.74. The van der Waals surface area contributed by atoms with Gasteiger partial charge in [-0.2, -0.15) is 0 Å². The van der Waals surface area contributed by atoms with Crippen molar-refractivity contribution in [2.24, 2.45) is 0 Å². The fourth-order valence-corrected chi connectivity index (χ4v) is 2.73. The maximum atomic E-state index is 11.7. The van der Waals surface area contributed by atoms with Crippen LogP contribution in [0.3, 0.4) is 0 Å². The van der Waals surface area contributed by atoms with Crippen LogP contribution in [0.15, 0.2) is 48.5 Å². The summed E-state index contributed by atoms with van der Waals surface area (Å²) < 4.78 is 0.485. The first-order valence-corrected chi connectivity index (χ1v) is 7.37. The monoisotopic (exact) mass is 349 g/mol. The summed E-state index contributed by atoms with van der Waals surface area (Å²) in [7, 11) is 0. The molecule has 2 aromatic carbocycles. The highest BCUT2D eigenvalue weighted by molar-refractivity contribution is 14.1. The number of nitrogens with one attached hydrogen (secondary N) is 1. The Morgan fingerprint density at radius 3 is 2.00 bits per heavy atom. The number of hydrogen-bond acceptors (Lipinski definition) is 1. The second kappa shape index (κ2) is 4.72. The number of benzene rings is 2. The molecular formula is C15H12INO. The van der Waals surface area contributed by atoms with E-state index in [1.54, 1.807) is 0 Å². The number of alkyl halides is 1. The minimum atomic E-state index is -0.000309. The van der Waals surface area contributed by atoms with Crippen molar-refractivity contribution < 1.29 is 4.79 Å². The van der Waals surface area contributed by atoms with Crippen molar-refractivity contribution in [3.05, 3.63) is 59.7 Å². The van der Waals surface area contributed by atoms with Crippen LogP contribution in [0.25, 0.3) is 11.1 Å². The molecule has 0 saturated carbocycles. The van der Waals surface area contributed by atoms with Crippen molar-refractivity contribution in [3.63, 3.8) is 0 Å². The Labute approximate surface area is 120 Å². The predicted molar refractivity (Wildman–Crippen MR) is 80.8 cm³/mol. The molecule has 0 saturated heterocycles. The van der Waals surface area contributed by atoms with Gasteiger partial charge in [-0.3, -0.25) is 4.79 Å². The number of hydrogen-bond donors (Lipinski definition) is 1. The first kappa shape index (κ1) is 11.7. The van der Waals surface area contributed by atoms with Gasteiger partial charge in [-0.05, 0) is 22.3 Å². The van der Waals surface area contributed by atoms with E-state index in [1.165, 1.54) is 22.3 Å². The van der Waals surface area contributed by atoms with Gasteiger partial charge in [-0.15, -0.1) is 0 Å². The van der Waals surface area contributed by atoms with Crippen molar-refractivity contribution in [1.82, 2.24) is 5.32 Å². The lowest BCUT2D eigenvalue weighted by Crippen LogP contribution is -2.28. The number of halogens is 1. The standard InChI is InChI=1S/C15H12INO/c16-9-14(18)17-15-12-7-3-1-5-10(12)11-6-2-4-8-13(11)15/h1-8,15H,9H2,(H,17,18). The molecule has 0 aromatic heterocycles. The number of carbonyl (C=O) groups excluding carboxylic acids is 1. The lowest BCUT2D eigenvalue weighted by molar-refractivity contribution is -0.118. The largest absolute Gasteiger partial charge is 0.344 e. The quantitative estimate of drug-likeness (QED) is 0.654. The molecule has 0 bridgehead atoms. The van der Waals surface area contributed by atoms with Crippen LogP contribution >= 0.6 is 22.6 Å². The van der Waals surface area contributed by atoms with Gasteiger partial charge in [0.1, 0.15) is 0 Å². The SMILES string of the molecule is O=C(CI)NC1c2ccccc2-c2ccccc21. The van der Waals surface area contributed by atoms with Gasteiger partial charge in [0.15, 0.2) is 0 Å². The molecule has 0 radical (unpaired) electrons. The molecular weight excluding hydrogens is 337 g/mol. The van der Waals surface area contributed by atoms with E-state index >= 15 is 0 Å². The van der Waals surface area contributed by atoms with E-state index in [2.05, 4.69) is 52.2 Å². The van der Waals surface area contributed by atoms with Crippen LogP contribution in [0, 0.1) is 0 Å². The van der Waals surface area contributed by atoms with E-state index in [-0.39, 0.29) is 11.9 Å². The maximum absolute atomic E-state index is 11.7. The molecule has 3 heteroatoms. The van der Waals surface area contributed by atoms with Crippen molar-refractivity contribution in [2.45, 2.75) is 6.04 Å². The summed E-state index contributed by atoms with van der Waals surface area (Å²) in [4.78, 5) is 11.7. The summed E-state index contributed by atoms with van der Waals surface area (Å²) in [5.41, 5.74) is 4.84. The molecule has 0 unspecified atom stereocenters. The normalized spacial score (nSPS) is 12.9. The molecule has 2 aromatic rings. The molecule has 3 rings (SSSR count). The zero-order chi connectivity index (χ0) is 12.5. The van der Waals surface area contributed by atoms with Gasteiger partial charge < -0.3 is 5.32 Å². The Balaban J connectivity index is 2.12. The van der Waals surface area contributed by atoms with Crippen molar-refractivity contribution in [1.29, 1.82) is 0 Å². The Bertz CT molecular complexity index is 563. The molecule has 1 aliphatic carbocycles. The smallest absolute Gasteiger partial charge is 0.230 e. The molecule has 1 aliphatic rings. The summed E-state index contributed by atoms with van der Waals surface area (Å²) in [6, 6.07) is 16.5. The molecule has 1 amide bonds. The number of rotatable bonds is 2. The van der Waals surface area contributed by atoms with Crippen molar-refractivity contribution in [3.8, 4) is 11.1 Å². The average molecular weight is 349 g/mol. The summed E-state index contributed by atoms with van der Waals surface area (Å²) >= 11 is 2.09. The fraction of sp³-hybridized carbons (Fsp3) is 0.133. The van der Waals surface area contributed by atoms with Crippen LogP contribution in [-0.4, -0.2) is 10.3 Å². The third kappa shape index (κ3) is 1.82. The van der Waals surface area contributed by atoms with E-state index in [0.717, 1.165) is 0 Å². The number of carbonyl (C=O) groups is 1. The highest BCUT2D eigenvalue weighted by Gasteiger charge is 2.28. The maximum Gasteiger partial charge on any atom is 0.230 e.